The number of pyridine rings is 2. The lowest BCUT2D eigenvalue weighted by Gasteiger charge is -2.46. The van der Waals surface area contributed by atoms with Gasteiger partial charge in [0.05, 0.1) is 10.6 Å². The molecule has 1 spiro atoms. The van der Waals surface area contributed by atoms with Gasteiger partial charge in [-0.1, -0.05) is 30.5 Å². The van der Waals surface area contributed by atoms with Crippen molar-refractivity contribution in [1.82, 2.24) is 15.3 Å². The van der Waals surface area contributed by atoms with Gasteiger partial charge in [0, 0.05) is 42.9 Å². The molecule has 1 N–H and O–H groups in total. The SMILES string of the molecule is Clc1cncc(CNCC[C@@]2(c3ccccn3)CCOC3(CCCC3)C2)c1. The van der Waals surface area contributed by atoms with Gasteiger partial charge < -0.3 is 10.1 Å². The summed E-state index contributed by atoms with van der Waals surface area (Å²) in [4.78, 5) is 8.93. The van der Waals surface area contributed by atoms with Crippen LogP contribution in [0.3, 0.4) is 0 Å². The molecule has 144 valence electrons. The van der Waals surface area contributed by atoms with E-state index in [0.29, 0.717) is 5.02 Å². The van der Waals surface area contributed by atoms with E-state index >= 15 is 0 Å². The number of halogens is 1. The Balaban J connectivity index is 1.45. The number of nitrogens with one attached hydrogen (secondary N) is 1. The molecule has 2 aromatic heterocycles. The molecular formula is C22H28ClN3O. The quantitative estimate of drug-likeness (QED) is 0.734. The Kier molecular flexibility index (Phi) is 5.76. The summed E-state index contributed by atoms with van der Waals surface area (Å²) in [6, 6.07) is 8.30. The average molecular weight is 386 g/mol. The Morgan fingerprint density at radius 3 is 2.81 bits per heavy atom. The summed E-state index contributed by atoms with van der Waals surface area (Å²) in [5.74, 6) is 0. The van der Waals surface area contributed by atoms with E-state index < -0.39 is 0 Å². The molecule has 2 aromatic rings. The molecule has 0 aromatic carbocycles. The summed E-state index contributed by atoms with van der Waals surface area (Å²) >= 11 is 6.04. The van der Waals surface area contributed by atoms with Crippen molar-refractivity contribution in [2.75, 3.05) is 13.2 Å². The van der Waals surface area contributed by atoms with Crippen LogP contribution in [0.2, 0.25) is 5.02 Å². The van der Waals surface area contributed by atoms with Crippen LogP contribution in [0.1, 0.15) is 56.2 Å². The molecule has 0 bridgehead atoms. The zero-order valence-electron chi connectivity index (χ0n) is 15.8. The maximum atomic E-state index is 6.32. The van der Waals surface area contributed by atoms with Crippen LogP contribution in [0.15, 0.2) is 42.9 Å². The highest BCUT2D eigenvalue weighted by Crippen LogP contribution is 2.49. The van der Waals surface area contributed by atoms with Crippen molar-refractivity contribution in [3.63, 3.8) is 0 Å². The predicted molar refractivity (Wildman–Crippen MR) is 108 cm³/mol. The van der Waals surface area contributed by atoms with Crippen LogP contribution in [0.5, 0.6) is 0 Å². The maximum Gasteiger partial charge on any atom is 0.0691 e. The highest BCUT2D eigenvalue weighted by molar-refractivity contribution is 6.30. The van der Waals surface area contributed by atoms with Crippen LogP contribution in [-0.4, -0.2) is 28.7 Å². The standard InChI is InChI=1S/C22H28ClN3O/c23-19-13-18(15-25-16-19)14-24-11-8-21(20-5-1-4-10-26-20)9-12-27-22(17-21)6-2-3-7-22/h1,4-5,10,13,15-16,24H,2-3,6-9,11-12,14,17H2/t21-/m1/s1. The number of aromatic nitrogens is 2. The number of rotatable bonds is 6. The molecule has 0 unspecified atom stereocenters. The monoisotopic (exact) mass is 385 g/mol. The van der Waals surface area contributed by atoms with Crippen LogP contribution < -0.4 is 5.32 Å². The van der Waals surface area contributed by atoms with Crippen LogP contribution in [-0.2, 0) is 16.7 Å². The lowest BCUT2D eigenvalue weighted by molar-refractivity contribution is -0.104. The maximum absolute atomic E-state index is 6.32. The molecule has 1 saturated carbocycles. The third-order valence-electron chi connectivity index (χ3n) is 6.24. The van der Waals surface area contributed by atoms with Crippen LogP contribution in [0.4, 0.5) is 0 Å². The molecule has 1 aliphatic carbocycles. The second-order valence-electron chi connectivity index (χ2n) is 8.10. The highest BCUT2D eigenvalue weighted by atomic mass is 35.5. The molecule has 0 amide bonds. The third kappa shape index (κ3) is 4.34. The zero-order valence-corrected chi connectivity index (χ0v) is 16.5. The molecule has 4 nitrogen and oxygen atoms in total. The van der Waals surface area contributed by atoms with E-state index in [1.165, 1.54) is 31.4 Å². The van der Waals surface area contributed by atoms with Gasteiger partial charge in [-0.2, -0.15) is 0 Å². The fourth-order valence-corrected chi connectivity index (χ4v) is 5.11. The van der Waals surface area contributed by atoms with Gasteiger partial charge in [-0.05, 0) is 62.4 Å². The fraction of sp³-hybridized carbons (Fsp3) is 0.545. The molecule has 4 rings (SSSR count). The van der Waals surface area contributed by atoms with Crippen LogP contribution in [0, 0.1) is 0 Å². The van der Waals surface area contributed by atoms with E-state index in [2.05, 4.69) is 22.4 Å². The van der Waals surface area contributed by atoms with E-state index in [4.69, 9.17) is 21.3 Å². The number of ether oxygens (including phenoxy) is 1. The van der Waals surface area contributed by atoms with Crippen LogP contribution in [0.25, 0.3) is 0 Å². The summed E-state index contributed by atoms with van der Waals surface area (Å²) in [6.45, 7) is 2.57. The first-order valence-electron chi connectivity index (χ1n) is 10.1. The summed E-state index contributed by atoms with van der Waals surface area (Å²) in [5, 5.41) is 4.27. The van der Waals surface area contributed by atoms with Crippen molar-refractivity contribution in [1.29, 1.82) is 0 Å². The largest absolute Gasteiger partial charge is 0.375 e. The van der Waals surface area contributed by atoms with Crippen molar-refractivity contribution in [2.45, 2.75) is 62.5 Å². The minimum absolute atomic E-state index is 0.0760. The van der Waals surface area contributed by atoms with Gasteiger partial charge >= 0.3 is 0 Å². The predicted octanol–water partition coefficient (Wildman–Crippen LogP) is 4.67. The Morgan fingerprint density at radius 1 is 1.15 bits per heavy atom. The molecule has 2 aliphatic rings. The van der Waals surface area contributed by atoms with Gasteiger partial charge in [0.15, 0.2) is 0 Å². The number of nitrogens with zero attached hydrogens (tertiary/aromatic N) is 2. The minimum Gasteiger partial charge on any atom is -0.375 e. The Labute approximate surface area is 166 Å². The fourth-order valence-electron chi connectivity index (χ4n) is 4.91. The van der Waals surface area contributed by atoms with E-state index in [1.54, 1.807) is 6.20 Å². The summed E-state index contributed by atoms with van der Waals surface area (Å²) in [6.07, 6.45) is 13.7. The zero-order chi connectivity index (χ0) is 18.6. The first-order chi connectivity index (χ1) is 13.2. The lowest BCUT2D eigenvalue weighted by atomic mass is 9.68. The summed E-state index contributed by atoms with van der Waals surface area (Å²) < 4.78 is 6.32. The van der Waals surface area contributed by atoms with Gasteiger partial charge in [0.25, 0.3) is 0 Å². The van der Waals surface area contributed by atoms with Crippen molar-refractivity contribution >= 4 is 11.6 Å². The Hall–Kier alpha value is -1.49. The van der Waals surface area contributed by atoms with Crippen molar-refractivity contribution in [3.05, 3.63) is 59.1 Å². The number of hydrogen-bond acceptors (Lipinski definition) is 4. The molecule has 1 atom stereocenters. The Bertz CT molecular complexity index is 748. The molecule has 0 radical (unpaired) electrons. The summed E-state index contributed by atoms with van der Waals surface area (Å²) in [5.41, 5.74) is 2.52. The van der Waals surface area contributed by atoms with E-state index in [-0.39, 0.29) is 11.0 Å². The molecule has 2 fully saturated rings. The van der Waals surface area contributed by atoms with Gasteiger partial charge in [-0.15, -0.1) is 0 Å². The van der Waals surface area contributed by atoms with Gasteiger partial charge in [0.2, 0.25) is 0 Å². The average Bonchev–Trinajstić information content (AvgIpc) is 3.13. The van der Waals surface area contributed by atoms with Crippen LogP contribution >= 0.6 is 11.6 Å². The molecule has 1 saturated heterocycles. The molecular weight excluding hydrogens is 358 g/mol. The van der Waals surface area contributed by atoms with Gasteiger partial charge in [-0.3, -0.25) is 9.97 Å². The van der Waals surface area contributed by atoms with Crippen molar-refractivity contribution in [3.8, 4) is 0 Å². The highest BCUT2D eigenvalue weighted by Gasteiger charge is 2.48. The first kappa shape index (κ1) is 18.9. The summed E-state index contributed by atoms with van der Waals surface area (Å²) in [7, 11) is 0. The number of hydrogen-bond donors (Lipinski definition) is 1. The van der Waals surface area contributed by atoms with Gasteiger partial charge in [-0.25, -0.2) is 0 Å². The van der Waals surface area contributed by atoms with Gasteiger partial charge in [0.1, 0.15) is 0 Å². The minimum atomic E-state index is 0.0760. The lowest BCUT2D eigenvalue weighted by Crippen LogP contribution is -2.47. The van der Waals surface area contributed by atoms with E-state index in [0.717, 1.165) is 44.5 Å². The second kappa shape index (κ2) is 8.26. The molecule has 1 aliphatic heterocycles. The smallest absolute Gasteiger partial charge is 0.0691 e. The topological polar surface area (TPSA) is 47.0 Å². The Morgan fingerprint density at radius 2 is 2.04 bits per heavy atom. The van der Waals surface area contributed by atoms with Crippen molar-refractivity contribution in [2.24, 2.45) is 0 Å². The van der Waals surface area contributed by atoms with Crippen molar-refractivity contribution < 1.29 is 4.74 Å². The van der Waals surface area contributed by atoms with E-state index in [9.17, 15) is 0 Å². The van der Waals surface area contributed by atoms with E-state index in [1.807, 2.05) is 24.5 Å². The normalized spacial score (nSPS) is 24.3. The first-order valence-corrected chi connectivity index (χ1v) is 10.4. The third-order valence-corrected chi connectivity index (χ3v) is 6.45. The molecule has 27 heavy (non-hydrogen) atoms. The second-order valence-corrected chi connectivity index (χ2v) is 8.54. The molecule has 3 heterocycles. The molecule has 5 heteroatoms.